The highest BCUT2D eigenvalue weighted by Crippen LogP contribution is 2.28. The first-order valence-corrected chi connectivity index (χ1v) is 16.3. The Morgan fingerprint density at radius 2 is 1.04 bits per heavy atom. The van der Waals surface area contributed by atoms with Gasteiger partial charge in [0.15, 0.2) is 0 Å². The number of hydrogen-bond donors (Lipinski definition) is 5. The molecule has 5 rings (SSSR count). The van der Waals surface area contributed by atoms with Gasteiger partial charge in [0.05, 0.1) is 0 Å². The fraction of sp³-hybridized carbons (Fsp3) is 0.333. The number of nitrogens with two attached hydrogens (primary N) is 1. The third-order valence-corrected chi connectivity index (χ3v) is 8.74. The summed E-state index contributed by atoms with van der Waals surface area (Å²) < 4.78 is 11.9. The van der Waals surface area contributed by atoms with Gasteiger partial charge in [-0.2, -0.15) is 0 Å². The molecule has 1 fully saturated rings. The lowest BCUT2D eigenvalue weighted by molar-refractivity contribution is 0.260. The summed E-state index contributed by atoms with van der Waals surface area (Å²) in [5.74, 6) is 3.14. The van der Waals surface area contributed by atoms with Gasteiger partial charge < -0.3 is 31.3 Å². The second-order valence-corrected chi connectivity index (χ2v) is 12.5. The van der Waals surface area contributed by atoms with Crippen LogP contribution in [0.15, 0.2) is 97.1 Å². The van der Waals surface area contributed by atoms with Gasteiger partial charge in [0, 0.05) is 24.4 Å². The summed E-state index contributed by atoms with van der Waals surface area (Å²) in [5, 5.41) is 22.6. The lowest BCUT2D eigenvalue weighted by Gasteiger charge is -2.29. The minimum absolute atomic E-state index is 0.0624. The van der Waals surface area contributed by atoms with Gasteiger partial charge in [-0.25, -0.2) is 0 Å². The molecule has 0 atom stereocenters. The number of amidine groups is 1. The van der Waals surface area contributed by atoms with Gasteiger partial charge in [-0.1, -0.05) is 48.5 Å². The van der Waals surface area contributed by atoms with Gasteiger partial charge in [-0.05, 0) is 134 Å². The summed E-state index contributed by atoms with van der Waals surface area (Å²) in [6.45, 7) is 6.70. The smallest absolute Gasteiger partial charge is 0.122 e. The van der Waals surface area contributed by atoms with Crippen LogP contribution in [0.4, 0.5) is 0 Å². The maximum absolute atomic E-state index is 7.73. The Morgan fingerprint density at radius 3 is 1.46 bits per heavy atom. The predicted molar refractivity (Wildman–Crippen MR) is 187 cm³/mol. The van der Waals surface area contributed by atoms with Crippen LogP contribution in [0.1, 0.15) is 66.0 Å². The second kappa shape index (κ2) is 16.7. The van der Waals surface area contributed by atoms with E-state index in [2.05, 4.69) is 59.2 Å². The van der Waals surface area contributed by atoms with Crippen molar-refractivity contribution in [1.82, 2.24) is 10.6 Å². The third kappa shape index (κ3) is 10.3. The van der Waals surface area contributed by atoms with Gasteiger partial charge in [-0.15, -0.1) is 0 Å². The van der Waals surface area contributed by atoms with E-state index in [0.29, 0.717) is 24.5 Å². The van der Waals surface area contributed by atoms with Crippen molar-refractivity contribution in [2.45, 2.75) is 58.9 Å². The van der Waals surface area contributed by atoms with Crippen LogP contribution < -0.4 is 25.8 Å². The molecular formula is C39H47N5O2. The predicted octanol–water partition coefficient (Wildman–Crippen LogP) is 7.20. The topological polar surface area (TPSA) is 116 Å². The van der Waals surface area contributed by atoms with Gasteiger partial charge in [0.2, 0.25) is 0 Å². The molecule has 240 valence electrons. The number of rotatable bonds is 16. The fourth-order valence-corrected chi connectivity index (χ4v) is 6.01. The van der Waals surface area contributed by atoms with Crippen molar-refractivity contribution < 1.29 is 9.47 Å². The monoisotopic (exact) mass is 617 g/mol. The van der Waals surface area contributed by atoms with Crippen molar-refractivity contribution in [1.29, 1.82) is 10.8 Å². The van der Waals surface area contributed by atoms with Crippen molar-refractivity contribution >= 4 is 11.5 Å². The van der Waals surface area contributed by atoms with Gasteiger partial charge in [-0.3, -0.25) is 5.41 Å². The summed E-state index contributed by atoms with van der Waals surface area (Å²) in [6.07, 6.45) is 5.12. The molecule has 7 heteroatoms. The van der Waals surface area contributed by atoms with E-state index >= 15 is 0 Å². The zero-order valence-corrected chi connectivity index (χ0v) is 26.9. The van der Waals surface area contributed by atoms with Crippen LogP contribution in [0.3, 0.4) is 0 Å². The zero-order valence-electron chi connectivity index (χ0n) is 26.9. The van der Waals surface area contributed by atoms with Crippen LogP contribution >= 0.6 is 0 Å². The Balaban J connectivity index is 0.953. The summed E-state index contributed by atoms with van der Waals surface area (Å²) in [6, 6.07) is 32.2. The normalized spacial score (nSPS) is 16.1. The fourth-order valence-electron chi connectivity index (χ4n) is 6.01. The molecule has 0 bridgehead atoms. The first kappa shape index (κ1) is 32.9. The molecule has 0 aliphatic heterocycles. The molecule has 0 radical (unpaired) electrons. The number of hydrogen-bond acceptors (Lipinski definition) is 6. The van der Waals surface area contributed by atoms with Gasteiger partial charge >= 0.3 is 0 Å². The zero-order chi connectivity index (χ0) is 32.1. The maximum atomic E-state index is 7.73. The highest BCUT2D eigenvalue weighted by atomic mass is 16.5. The first-order chi connectivity index (χ1) is 22.4. The van der Waals surface area contributed by atoms with Crippen LogP contribution in [-0.2, 0) is 26.3 Å². The van der Waals surface area contributed by atoms with E-state index in [9.17, 15) is 0 Å². The third-order valence-electron chi connectivity index (χ3n) is 8.74. The first-order valence-electron chi connectivity index (χ1n) is 16.3. The summed E-state index contributed by atoms with van der Waals surface area (Å²) >= 11 is 0. The van der Waals surface area contributed by atoms with Crippen molar-refractivity contribution in [2.24, 2.45) is 17.6 Å². The average Bonchev–Trinajstić information content (AvgIpc) is 3.08. The Kier molecular flexibility index (Phi) is 12.0. The van der Waals surface area contributed by atoms with E-state index in [1.54, 1.807) is 6.92 Å². The molecule has 4 aromatic carbocycles. The van der Waals surface area contributed by atoms with Crippen molar-refractivity contribution in [3.8, 4) is 11.5 Å². The Labute approximate surface area is 273 Å². The van der Waals surface area contributed by atoms with Crippen LogP contribution in [0, 0.1) is 22.7 Å². The molecular weight excluding hydrogens is 570 g/mol. The van der Waals surface area contributed by atoms with Gasteiger partial charge in [0.25, 0.3) is 0 Å². The molecule has 46 heavy (non-hydrogen) atoms. The molecule has 0 unspecified atom stereocenters. The SMILES string of the molecule is CC(=N)c1ccc(OCc2cccc(CNCC3CCC(CNCc4cccc(COc5ccc(C(=N)N)cc5)c4)CC3)c2)cc1. The summed E-state index contributed by atoms with van der Waals surface area (Å²) in [4.78, 5) is 0. The molecule has 4 aromatic rings. The van der Waals surface area contributed by atoms with Crippen molar-refractivity contribution in [3.05, 3.63) is 130 Å². The number of nitrogens with one attached hydrogen (secondary N) is 4. The van der Waals surface area contributed by atoms with Crippen molar-refractivity contribution in [3.63, 3.8) is 0 Å². The lowest BCUT2D eigenvalue weighted by atomic mass is 9.82. The number of nitrogen functional groups attached to an aromatic ring is 1. The lowest BCUT2D eigenvalue weighted by Crippen LogP contribution is -2.30. The van der Waals surface area contributed by atoms with Gasteiger partial charge in [0.1, 0.15) is 30.5 Å². The number of benzene rings is 4. The molecule has 6 N–H and O–H groups in total. The van der Waals surface area contributed by atoms with Crippen LogP contribution in [0.25, 0.3) is 0 Å². The maximum Gasteiger partial charge on any atom is 0.122 e. The molecule has 0 aromatic heterocycles. The van der Waals surface area contributed by atoms with Crippen LogP contribution in [0.2, 0.25) is 0 Å². The molecule has 0 spiro atoms. The minimum Gasteiger partial charge on any atom is -0.489 e. The van der Waals surface area contributed by atoms with E-state index in [1.807, 2.05) is 48.5 Å². The minimum atomic E-state index is 0.0624. The van der Waals surface area contributed by atoms with E-state index in [4.69, 9.17) is 26.0 Å². The van der Waals surface area contributed by atoms with Crippen molar-refractivity contribution in [2.75, 3.05) is 13.1 Å². The van der Waals surface area contributed by atoms with Crippen LogP contribution in [-0.4, -0.2) is 24.6 Å². The highest BCUT2D eigenvalue weighted by Gasteiger charge is 2.20. The standard InChI is InChI=1S/C39H47N5O2/c1-28(40)35-12-16-37(17-13-35)45-26-33-6-2-4-31(20-33)24-43-22-29-8-10-30(11-9-29)23-44-25-32-5-3-7-34(21-32)27-46-38-18-14-36(15-19-38)39(41)42/h2-7,12-21,29-30,40,43-44H,8-11,22-27H2,1H3,(H3,41,42). The quantitative estimate of drug-likeness (QED) is 0.0674. The summed E-state index contributed by atoms with van der Waals surface area (Å²) in [7, 11) is 0. The van der Waals surface area contributed by atoms with E-state index < -0.39 is 0 Å². The second-order valence-electron chi connectivity index (χ2n) is 12.5. The summed E-state index contributed by atoms with van der Waals surface area (Å²) in [5.41, 5.74) is 12.6. The largest absolute Gasteiger partial charge is 0.489 e. The Bertz CT molecular complexity index is 1440. The van der Waals surface area contributed by atoms with E-state index in [1.165, 1.54) is 36.8 Å². The molecule has 0 saturated heterocycles. The van der Waals surface area contributed by atoms with E-state index in [0.717, 1.165) is 66.2 Å². The molecule has 7 nitrogen and oxygen atoms in total. The Hall–Kier alpha value is -4.46. The van der Waals surface area contributed by atoms with E-state index in [-0.39, 0.29) is 5.84 Å². The molecule has 0 heterocycles. The average molecular weight is 618 g/mol. The van der Waals surface area contributed by atoms with Crippen LogP contribution in [0.5, 0.6) is 11.5 Å². The number of ether oxygens (including phenoxy) is 2. The molecule has 1 saturated carbocycles. The molecule has 0 amide bonds. The Morgan fingerprint density at radius 1 is 0.630 bits per heavy atom. The highest BCUT2D eigenvalue weighted by molar-refractivity contribution is 5.96. The molecule has 1 aliphatic rings. The molecule has 1 aliphatic carbocycles.